The fraction of sp³-hybridized carbons (Fsp3) is 0.625. The molecular weight excluding hydrogens is 787 g/mol. The molecule has 2 saturated carbocycles. The van der Waals surface area contributed by atoms with Gasteiger partial charge in [-0.05, 0) is 94.7 Å². The van der Waals surface area contributed by atoms with Gasteiger partial charge in [0.1, 0.15) is 29.1 Å². The number of fused-ring (bicyclic) bond motifs is 3. The Balaban J connectivity index is 1.39. The maximum Gasteiger partial charge on any atom is 0.402 e. The molecule has 3 N–H and O–H groups in total. The number of hydrogen-bond acceptors (Lipinski definition) is 9. The van der Waals surface area contributed by atoms with Gasteiger partial charge in [0.05, 0.1) is 18.4 Å². The average molecular weight is 838 g/mol. The highest BCUT2D eigenvalue weighted by Crippen LogP contribution is 2.48. The number of benzene rings is 1. The molecule has 6 rings (SSSR count). The lowest BCUT2D eigenvalue weighted by molar-refractivity contribution is -0.212. The van der Waals surface area contributed by atoms with Crippen LogP contribution >= 0.6 is 0 Å². The van der Waals surface area contributed by atoms with Crippen molar-refractivity contribution in [1.29, 1.82) is 0 Å². The first kappa shape index (κ1) is 43.1. The fourth-order valence-corrected chi connectivity index (χ4v) is 9.13. The highest BCUT2D eigenvalue weighted by molar-refractivity contribution is 7.91. The van der Waals surface area contributed by atoms with E-state index in [1.807, 2.05) is 13.0 Å². The number of hydrogen-bond donors (Lipinski definition) is 3. The summed E-state index contributed by atoms with van der Waals surface area (Å²) < 4.78 is 96.1. The van der Waals surface area contributed by atoms with Crippen LogP contribution in [0.5, 0.6) is 11.6 Å². The molecule has 13 nitrogen and oxygen atoms in total. The van der Waals surface area contributed by atoms with Crippen LogP contribution in [0.25, 0.3) is 10.8 Å². The van der Waals surface area contributed by atoms with Crippen molar-refractivity contribution in [3.05, 3.63) is 42.4 Å². The van der Waals surface area contributed by atoms with Gasteiger partial charge in [-0.15, -0.1) is 0 Å². The van der Waals surface area contributed by atoms with E-state index in [0.29, 0.717) is 43.9 Å². The van der Waals surface area contributed by atoms with E-state index in [-0.39, 0.29) is 42.3 Å². The molecule has 0 unspecified atom stereocenters. The zero-order valence-corrected chi connectivity index (χ0v) is 34.2. The Morgan fingerprint density at radius 2 is 1.84 bits per heavy atom. The topological polar surface area (TPSA) is 173 Å². The van der Waals surface area contributed by atoms with Crippen molar-refractivity contribution in [2.24, 2.45) is 23.2 Å². The van der Waals surface area contributed by atoms with Crippen LogP contribution < -0.4 is 24.8 Å². The first-order valence-electron chi connectivity index (χ1n) is 19.6. The number of amides is 4. The Bertz CT molecular complexity index is 2110. The van der Waals surface area contributed by atoms with Crippen molar-refractivity contribution >= 4 is 44.4 Å². The maximum atomic E-state index is 14.9. The second-order valence-corrected chi connectivity index (χ2v) is 19.2. The lowest BCUT2D eigenvalue weighted by atomic mass is 9.83. The molecule has 1 aromatic carbocycles. The SMILES string of the molecule is CC[C@@H]1C[C@H](C)CC/C=C\[C@@H]2C[C@@]2(C(=O)NS(=O)(=O)C2(C)CC2)NC(=O)[C@@H]2C[C@@H](Oc3nccc4cc(OC)c(F)cc34)CN2C(=O)[C@H]1NC(=O)C(C)(C)C(F)(F)F. The van der Waals surface area contributed by atoms with E-state index < -0.39 is 91.4 Å². The van der Waals surface area contributed by atoms with Gasteiger partial charge in [0.15, 0.2) is 11.6 Å². The molecule has 2 aliphatic carbocycles. The molecular formula is C40H51F4N5O8S. The summed E-state index contributed by atoms with van der Waals surface area (Å²) in [6.45, 7) is 6.36. The highest BCUT2D eigenvalue weighted by atomic mass is 32.2. The molecule has 3 fully saturated rings. The van der Waals surface area contributed by atoms with Crippen molar-refractivity contribution in [3.63, 3.8) is 0 Å². The monoisotopic (exact) mass is 837 g/mol. The molecule has 1 saturated heterocycles. The minimum absolute atomic E-state index is 0.0227. The van der Waals surface area contributed by atoms with Crippen LogP contribution in [-0.4, -0.2) is 90.2 Å². The minimum Gasteiger partial charge on any atom is -0.494 e. The molecule has 2 aromatic rings. The van der Waals surface area contributed by atoms with Crippen molar-refractivity contribution in [3.8, 4) is 11.6 Å². The third-order valence-electron chi connectivity index (χ3n) is 12.4. The van der Waals surface area contributed by atoms with Crippen LogP contribution in [0.15, 0.2) is 36.5 Å². The molecule has 4 aliphatic rings. The summed E-state index contributed by atoms with van der Waals surface area (Å²) in [6.07, 6.45) is 1.43. The summed E-state index contributed by atoms with van der Waals surface area (Å²) in [5.41, 5.74) is -4.56. The zero-order chi connectivity index (χ0) is 42.6. The van der Waals surface area contributed by atoms with Gasteiger partial charge in [0.2, 0.25) is 33.6 Å². The predicted molar refractivity (Wildman–Crippen MR) is 204 cm³/mol. The molecule has 0 radical (unpaired) electrons. The number of alkyl halides is 3. The van der Waals surface area contributed by atoms with Gasteiger partial charge >= 0.3 is 6.18 Å². The van der Waals surface area contributed by atoms with E-state index in [9.17, 15) is 45.2 Å². The predicted octanol–water partition coefficient (Wildman–Crippen LogP) is 5.08. The van der Waals surface area contributed by atoms with Gasteiger partial charge in [-0.25, -0.2) is 17.8 Å². The van der Waals surface area contributed by atoms with Gasteiger partial charge in [-0.2, -0.15) is 13.2 Å². The Labute approximate surface area is 335 Å². The molecule has 3 heterocycles. The smallest absolute Gasteiger partial charge is 0.402 e. The Hall–Kier alpha value is -4.48. The Morgan fingerprint density at radius 3 is 2.48 bits per heavy atom. The number of allylic oxidation sites excluding steroid dienone is 1. The van der Waals surface area contributed by atoms with Crippen LogP contribution in [-0.2, 0) is 29.2 Å². The number of methoxy groups -OCH3 is 1. The van der Waals surface area contributed by atoms with E-state index in [4.69, 9.17) is 9.47 Å². The summed E-state index contributed by atoms with van der Waals surface area (Å²) in [5, 5.41) is 5.95. The first-order valence-corrected chi connectivity index (χ1v) is 21.1. The van der Waals surface area contributed by atoms with Crippen molar-refractivity contribution in [2.45, 2.75) is 121 Å². The summed E-state index contributed by atoms with van der Waals surface area (Å²) in [7, 11) is -2.79. The summed E-state index contributed by atoms with van der Waals surface area (Å²) in [5.74, 6) is -6.05. The lowest BCUT2D eigenvalue weighted by Crippen LogP contribution is -2.61. The molecule has 0 bridgehead atoms. The van der Waals surface area contributed by atoms with Gasteiger partial charge < -0.3 is 25.0 Å². The molecule has 1 aromatic heterocycles. The maximum absolute atomic E-state index is 14.9. The zero-order valence-electron chi connectivity index (χ0n) is 33.4. The number of aromatic nitrogens is 1. The van der Waals surface area contributed by atoms with Gasteiger partial charge in [0, 0.05) is 23.9 Å². The molecule has 18 heteroatoms. The van der Waals surface area contributed by atoms with E-state index >= 15 is 0 Å². The average Bonchev–Trinajstić information content (AvgIpc) is 4.03. The number of nitrogens with zero attached hydrogens (tertiary/aromatic N) is 2. The largest absolute Gasteiger partial charge is 0.494 e. The van der Waals surface area contributed by atoms with Crippen molar-refractivity contribution < 1.29 is 54.6 Å². The van der Waals surface area contributed by atoms with Crippen LogP contribution in [0, 0.1) is 29.0 Å². The van der Waals surface area contributed by atoms with Crippen LogP contribution in [0.4, 0.5) is 17.6 Å². The van der Waals surface area contributed by atoms with Crippen LogP contribution in [0.2, 0.25) is 0 Å². The van der Waals surface area contributed by atoms with E-state index in [0.717, 1.165) is 18.7 Å². The van der Waals surface area contributed by atoms with Crippen molar-refractivity contribution in [1.82, 2.24) is 25.2 Å². The molecule has 7 atom stereocenters. The second kappa shape index (κ2) is 15.6. The highest BCUT2D eigenvalue weighted by Gasteiger charge is 2.63. The molecule has 318 valence electrons. The number of carbonyl (C=O) groups excluding carboxylic acids is 4. The third-order valence-corrected chi connectivity index (χ3v) is 14.6. The number of ether oxygens (including phenoxy) is 2. The summed E-state index contributed by atoms with van der Waals surface area (Å²) >= 11 is 0. The number of rotatable bonds is 9. The van der Waals surface area contributed by atoms with E-state index in [1.54, 1.807) is 19.1 Å². The summed E-state index contributed by atoms with van der Waals surface area (Å²) in [6, 6.07) is 1.33. The first-order chi connectivity index (χ1) is 27.1. The number of halogens is 4. The molecule has 2 aliphatic heterocycles. The summed E-state index contributed by atoms with van der Waals surface area (Å²) in [4.78, 5) is 62.2. The van der Waals surface area contributed by atoms with Crippen LogP contribution in [0.1, 0.15) is 86.0 Å². The van der Waals surface area contributed by atoms with Gasteiger partial charge in [0.25, 0.3) is 5.91 Å². The lowest BCUT2D eigenvalue weighted by Gasteiger charge is -2.36. The Morgan fingerprint density at radius 1 is 1.14 bits per heavy atom. The normalized spacial score (nSPS) is 29.5. The van der Waals surface area contributed by atoms with Crippen molar-refractivity contribution in [2.75, 3.05) is 13.7 Å². The number of pyridine rings is 1. The van der Waals surface area contributed by atoms with Gasteiger partial charge in [-0.3, -0.25) is 23.9 Å². The minimum atomic E-state index is -4.95. The second-order valence-electron chi connectivity index (χ2n) is 17.1. The van der Waals surface area contributed by atoms with E-state index in [1.165, 1.54) is 32.4 Å². The Kier molecular flexibility index (Phi) is 11.6. The third kappa shape index (κ3) is 8.21. The number of sulfonamides is 1. The molecule has 0 spiro atoms. The standard InChI is InChI=1S/C40H51F4N5O8S/c1-7-23-16-22(2)10-8-9-11-25-20-39(25,36(53)48-58(54,55)38(5)13-14-38)47-32(50)29-18-26(57-33-27-19-28(41)30(56-6)17-24(27)12-15-45-33)21-49(29)34(51)31(23)46-35(52)37(3,4)40(42,43)44/h9,11-12,15,17,19,22-23,25-26,29,31H,7-8,10,13-14,16,18,20-21H2,1-6H3,(H,46,52)(H,47,50)(H,48,53)/b11-9-/t22-,23-,25-,26-,29+,31+,39-/m1/s1. The molecule has 58 heavy (non-hydrogen) atoms. The number of carbonyl (C=O) groups is 4. The fourth-order valence-electron chi connectivity index (χ4n) is 7.82. The molecule has 4 amide bonds. The van der Waals surface area contributed by atoms with Crippen LogP contribution in [0.3, 0.4) is 0 Å². The quantitative estimate of drug-likeness (QED) is 0.230. The van der Waals surface area contributed by atoms with Gasteiger partial charge in [-0.1, -0.05) is 32.4 Å². The van der Waals surface area contributed by atoms with E-state index in [2.05, 4.69) is 20.3 Å². The number of nitrogens with one attached hydrogen (secondary N) is 3.